The largest absolute Gasteiger partial charge is 0.370 e. The highest BCUT2D eigenvalue weighted by Gasteiger charge is 2.37. The predicted octanol–water partition coefficient (Wildman–Crippen LogP) is 3.47. The molecule has 1 fully saturated rings. The predicted molar refractivity (Wildman–Crippen MR) is 78.5 cm³/mol. The lowest BCUT2D eigenvalue weighted by Crippen LogP contribution is -2.46. The molecule has 0 unspecified atom stereocenters. The molecule has 0 amide bonds. The highest BCUT2D eigenvalue weighted by atomic mass is 35.5. The minimum Gasteiger partial charge on any atom is -0.370 e. The molecule has 0 saturated carbocycles. The summed E-state index contributed by atoms with van der Waals surface area (Å²) in [4.78, 5) is 6.71. The van der Waals surface area contributed by atoms with Crippen molar-refractivity contribution < 1.29 is 4.74 Å². The molecule has 0 atom stereocenters. The van der Waals surface area contributed by atoms with Crippen molar-refractivity contribution in [3.8, 4) is 0 Å². The molecule has 0 radical (unpaired) electrons. The van der Waals surface area contributed by atoms with Crippen LogP contribution in [0.3, 0.4) is 0 Å². The van der Waals surface area contributed by atoms with Crippen LogP contribution in [0.15, 0.2) is 18.3 Å². The lowest BCUT2D eigenvalue weighted by atomic mass is 9.84. The van der Waals surface area contributed by atoms with E-state index in [1.807, 2.05) is 12.3 Å². The molecule has 19 heavy (non-hydrogen) atoms. The van der Waals surface area contributed by atoms with Crippen molar-refractivity contribution in [3.05, 3.63) is 29.0 Å². The molecular weight excluding hydrogens is 260 g/mol. The summed E-state index contributed by atoms with van der Waals surface area (Å²) >= 11 is 5.88. The number of hydrogen-bond acceptors (Lipinski definition) is 3. The first-order valence-corrected chi connectivity index (χ1v) is 7.45. The van der Waals surface area contributed by atoms with E-state index in [9.17, 15) is 0 Å². The normalized spacial score (nSPS) is 19.8. The zero-order valence-electron chi connectivity index (χ0n) is 12.0. The standard InChI is InChI=1S/C15H23ClN2O/c1-4-19-15(13-5-6-14(16)17-11-13)7-9-18(10-8-15)12(2)3/h5-6,11-12H,4,7-10H2,1-3H3. The van der Waals surface area contributed by atoms with E-state index in [-0.39, 0.29) is 5.60 Å². The molecule has 2 rings (SSSR count). The fraction of sp³-hybridized carbons (Fsp3) is 0.667. The fourth-order valence-electron chi connectivity index (χ4n) is 2.84. The molecule has 1 aliphatic rings. The van der Waals surface area contributed by atoms with Gasteiger partial charge in [0.05, 0.1) is 5.60 Å². The van der Waals surface area contributed by atoms with Gasteiger partial charge in [-0.2, -0.15) is 0 Å². The molecule has 2 heterocycles. The van der Waals surface area contributed by atoms with Crippen LogP contribution in [0.4, 0.5) is 0 Å². The van der Waals surface area contributed by atoms with Crippen LogP contribution < -0.4 is 0 Å². The highest BCUT2D eigenvalue weighted by molar-refractivity contribution is 6.29. The summed E-state index contributed by atoms with van der Waals surface area (Å²) in [5.41, 5.74) is 0.972. The molecule has 0 aromatic carbocycles. The zero-order chi connectivity index (χ0) is 13.9. The summed E-state index contributed by atoms with van der Waals surface area (Å²) < 4.78 is 6.11. The smallest absolute Gasteiger partial charge is 0.129 e. The van der Waals surface area contributed by atoms with Crippen LogP contribution in [0.1, 0.15) is 39.2 Å². The lowest BCUT2D eigenvalue weighted by molar-refractivity contribution is -0.0888. The van der Waals surface area contributed by atoms with Gasteiger partial charge in [0, 0.05) is 37.5 Å². The van der Waals surface area contributed by atoms with Gasteiger partial charge in [-0.25, -0.2) is 4.98 Å². The third-order valence-corrected chi connectivity index (χ3v) is 4.23. The molecule has 4 heteroatoms. The quantitative estimate of drug-likeness (QED) is 0.791. The number of ether oxygens (including phenoxy) is 1. The van der Waals surface area contributed by atoms with E-state index in [4.69, 9.17) is 16.3 Å². The van der Waals surface area contributed by atoms with Crippen LogP contribution in [0, 0.1) is 0 Å². The number of piperidine rings is 1. The van der Waals surface area contributed by atoms with E-state index >= 15 is 0 Å². The Balaban J connectivity index is 2.18. The van der Waals surface area contributed by atoms with E-state index in [0.29, 0.717) is 11.2 Å². The van der Waals surface area contributed by atoms with Gasteiger partial charge in [0.25, 0.3) is 0 Å². The maximum atomic E-state index is 6.11. The molecule has 1 aromatic rings. The van der Waals surface area contributed by atoms with Crippen molar-refractivity contribution in [3.63, 3.8) is 0 Å². The van der Waals surface area contributed by atoms with Gasteiger partial charge in [-0.3, -0.25) is 0 Å². The van der Waals surface area contributed by atoms with Crippen LogP contribution >= 0.6 is 11.6 Å². The van der Waals surface area contributed by atoms with Gasteiger partial charge in [-0.05, 0) is 39.7 Å². The van der Waals surface area contributed by atoms with Gasteiger partial charge >= 0.3 is 0 Å². The average Bonchev–Trinajstić information content (AvgIpc) is 2.40. The van der Waals surface area contributed by atoms with Crippen LogP contribution in [0.25, 0.3) is 0 Å². The number of rotatable bonds is 4. The van der Waals surface area contributed by atoms with Crippen molar-refractivity contribution in [1.82, 2.24) is 9.88 Å². The highest BCUT2D eigenvalue weighted by Crippen LogP contribution is 2.37. The molecule has 1 aromatic heterocycles. The van der Waals surface area contributed by atoms with E-state index in [1.165, 1.54) is 0 Å². The molecule has 3 nitrogen and oxygen atoms in total. The van der Waals surface area contributed by atoms with Gasteiger partial charge in [0.1, 0.15) is 5.15 Å². The lowest BCUT2D eigenvalue weighted by Gasteiger charge is -2.43. The monoisotopic (exact) mass is 282 g/mol. The Bertz CT molecular complexity index is 397. The average molecular weight is 283 g/mol. The molecule has 106 valence electrons. The molecule has 0 aliphatic carbocycles. The van der Waals surface area contributed by atoms with Crippen LogP contribution in [0.2, 0.25) is 5.15 Å². The second-order valence-electron chi connectivity index (χ2n) is 5.43. The first-order valence-electron chi connectivity index (χ1n) is 7.07. The van der Waals surface area contributed by atoms with E-state index < -0.39 is 0 Å². The van der Waals surface area contributed by atoms with Crippen molar-refractivity contribution >= 4 is 11.6 Å². The first kappa shape index (κ1) is 14.8. The Morgan fingerprint density at radius 2 is 2.05 bits per heavy atom. The summed E-state index contributed by atoms with van der Waals surface area (Å²) in [5, 5.41) is 0.537. The van der Waals surface area contributed by atoms with Gasteiger partial charge in [-0.1, -0.05) is 17.7 Å². The van der Waals surface area contributed by atoms with Gasteiger partial charge < -0.3 is 9.64 Å². The van der Waals surface area contributed by atoms with E-state index in [1.54, 1.807) is 0 Å². The maximum absolute atomic E-state index is 6.11. The second kappa shape index (κ2) is 6.21. The Morgan fingerprint density at radius 3 is 2.53 bits per heavy atom. The van der Waals surface area contributed by atoms with E-state index in [0.717, 1.165) is 38.1 Å². The number of likely N-dealkylation sites (tertiary alicyclic amines) is 1. The van der Waals surface area contributed by atoms with Gasteiger partial charge in [0.15, 0.2) is 0 Å². The number of pyridine rings is 1. The number of nitrogens with zero attached hydrogens (tertiary/aromatic N) is 2. The fourth-order valence-corrected chi connectivity index (χ4v) is 2.95. The Kier molecular flexibility index (Phi) is 4.82. The van der Waals surface area contributed by atoms with Crippen LogP contribution in [-0.2, 0) is 10.3 Å². The van der Waals surface area contributed by atoms with Crippen LogP contribution in [0.5, 0.6) is 0 Å². The minimum atomic E-state index is -0.183. The third kappa shape index (κ3) is 3.28. The second-order valence-corrected chi connectivity index (χ2v) is 5.81. The van der Waals surface area contributed by atoms with Gasteiger partial charge in [0.2, 0.25) is 0 Å². The van der Waals surface area contributed by atoms with Crippen molar-refractivity contribution in [1.29, 1.82) is 0 Å². The molecular formula is C15H23ClN2O. The Hall–Kier alpha value is -0.640. The van der Waals surface area contributed by atoms with E-state index in [2.05, 4.69) is 36.7 Å². The summed E-state index contributed by atoms with van der Waals surface area (Å²) in [6.45, 7) is 9.42. The molecule has 0 bridgehead atoms. The molecule has 0 N–H and O–H groups in total. The molecule has 1 aliphatic heterocycles. The van der Waals surface area contributed by atoms with Crippen molar-refractivity contribution in [2.24, 2.45) is 0 Å². The Morgan fingerprint density at radius 1 is 1.37 bits per heavy atom. The number of halogens is 1. The summed E-state index contributed by atoms with van der Waals surface area (Å²) in [6, 6.07) is 4.51. The summed E-state index contributed by atoms with van der Waals surface area (Å²) in [6.07, 6.45) is 3.90. The minimum absolute atomic E-state index is 0.183. The topological polar surface area (TPSA) is 25.4 Å². The maximum Gasteiger partial charge on any atom is 0.129 e. The number of hydrogen-bond donors (Lipinski definition) is 0. The molecule has 0 spiro atoms. The third-order valence-electron chi connectivity index (χ3n) is 4.01. The first-order chi connectivity index (χ1) is 9.07. The number of aromatic nitrogens is 1. The zero-order valence-corrected chi connectivity index (χ0v) is 12.8. The van der Waals surface area contributed by atoms with Crippen LogP contribution in [-0.4, -0.2) is 35.6 Å². The SMILES string of the molecule is CCOC1(c2ccc(Cl)nc2)CCN(C(C)C)CC1. The Labute approximate surface area is 120 Å². The summed E-state index contributed by atoms with van der Waals surface area (Å²) in [7, 11) is 0. The molecule has 1 saturated heterocycles. The van der Waals surface area contributed by atoms with Crippen molar-refractivity contribution in [2.75, 3.05) is 19.7 Å². The van der Waals surface area contributed by atoms with Gasteiger partial charge in [-0.15, -0.1) is 0 Å². The summed E-state index contributed by atoms with van der Waals surface area (Å²) in [5.74, 6) is 0. The van der Waals surface area contributed by atoms with Crippen molar-refractivity contribution in [2.45, 2.75) is 45.3 Å².